The monoisotopic (exact) mass is 282 g/mol. The van der Waals surface area contributed by atoms with E-state index in [4.69, 9.17) is 5.11 Å². The molecule has 1 heterocycles. The third-order valence-electron chi connectivity index (χ3n) is 4.31. The summed E-state index contributed by atoms with van der Waals surface area (Å²) in [6, 6.07) is 0. The molecule has 1 aliphatic carbocycles. The largest absolute Gasteiger partial charge is 0.396 e. The van der Waals surface area contributed by atoms with Gasteiger partial charge in [-0.1, -0.05) is 12.1 Å². The number of rotatable bonds is 7. The van der Waals surface area contributed by atoms with Crippen LogP contribution in [0.15, 0.2) is 6.20 Å². The summed E-state index contributed by atoms with van der Waals surface area (Å²) in [6.07, 6.45) is 6.95. The number of aryl methyl sites for hydroxylation is 1. The van der Waals surface area contributed by atoms with Gasteiger partial charge in [-0.15, -0.1) is 5.10 Å². The lowest BCUT2D eigenvalue weighted by molar-refractivity contribution is 0.104. The van der Waals surface area contributed by atoms with E-state index in [1.165, 1.54) is 0 Å². The summed E-state index contributed by atoms with van der Waals surface area (Å²) < 4.78 is 1.75. The molecular weight excluding hydrogens is 256 g/mol. The Kier molecular flexibility index (Phi) is 5.51. The third-order valence-corrected chi connectivity index (χ3v) is 4.31. The highest BCUT2D eigenvalue weighted by Gasteiger charge is 2.33. The molecule has 0 amide bonds. The number of aliphatic hydroxyl groups is 2. The summed E-state index contributed by atoms with van der Waals surface area (Å²) in [5, 5.41) is 30.1. The van der Waals surface area contributed by atoms with Crippen LogP contribution in [0.3, 0.4) is 0 Å². The predicted molar refractivity (Wildman–Crippen MR) is 76.0 cm³/mol. The third kappa shape index (κ3) is 4.01. The van der Waals surface area contributed by atoms with Crippen molar-refractivity contribution < 1.29 is 10.2 Å². The summed E-state index contributed by atoms with van der Waals surface area (Å²) >= 11 is 0. The van der Waals surface area contributed by atoms with E-state index in [2.05, 4.69) is 22.6 Å². The minimum absolute atomic E-state index is 0.151. The van der Waals surface area contributed by atoms with Gasteiger partial charge in [0.2, 0.25) is 0 Å². The van der Waals surface area contributed by atoms with Gasteiger partial charge in [0.15, 0.2) is 0 Å². The van der Waals surface area contributed by atoms with Crippen molar-refractivity contribution in [3.05, 3.63) is 11.9 Å². The summed E-state index contributed by atoms with van der Waals surface area (Å²) in [6.45, 7) is 3.94. The SMILES string of the molecule is CC1CCC(CO)(NCc2cn(CCCO)nn2)CC1. The molecule has 1 aromatic rings. The molecule has 0 spiro atoms. The van der Waals surface area contributed by atoms with Gasteiger partial charge in [0.05, 0.1) is 12.3 Å². The lowest BCUT2D eigenvalue weighted by atomic mass is 9.77. The average Bonchev–Trinajstić information content (AvgIpc) is 2.93. The van der Waals surface area contributed by atoms with Gasteiger partial charge in [-0.25, -0.2) is 0 Å². The molecule has 6 nitrogen and oxygen atoms in total. The summed E-state index contributed by atoms with van der Waals surface area (Å²) in [4.78, 5) is 0. The van der Waals surface area contributed by atoms with E-state index in [-0.39, 0.29) is 18.8 Å². The first-order valence-corrected chi connectivity index (χ1v) is 7.53. The molecule has 0 bridgehead atoms. The van der Waals surface area contributed by atoms with E-state index in [0.717, 1.165) is 37.3 Å². The molecule has 1 aromatic heterocycles. The zero-order valence-corrected chi connectivity index (χ0v) is 12.3. The fourth-order valence-corrected chi connectivity index (χ4v) is 2.75. The van der Waals surface area contributed by atoms with Crippen molar-refractivity contribution in [1.82, 2.24) is 20.3 Å². The van der Waals surface area contributed by atoms with Crippen molar-refractivity contribution in [2.45, 2.75) is 57.7 Å². The molecule has 0 unspecified atom stereocenters. The summed E-state index contributed by atoms with van der Waals surface area (Å²) in [7, 11) is 0. The van der Waals surface area contributed by atoms with E-state index < -0.39 is 0 Å². The molecule has 0 atom stereocenters. The molecule has 1 fully saturated rings. The molecule has 1 aliphatic rings. The highest BCUT2D eigenvalue weighted by molar-refractivity contribution is 4.97. The minimum atomic E-state index is -0.151. The Bertz CT molecular complexity index is 400. The molecule has 0 aromatic carbocycles. The first kappa shape index (κ1) is 15.4. The van der Waals surface area contributed by atoms with Crippen LogP contribution in [0.2, 0.25) is 0 Å². The highest BCUT2D eigenvalue weighted by atomic mass is 16.3. The molecule has 2 rings (SSSR count). The summed E-state index contributed by atoms with van der Waals surface area (Å²) in [5.74, 6) is 0.760. The molecule has 0 radical (unpaired) electrons. The van der Waals surface area contributed by atoms with Gasteiger partial charge in [-0.05, 0) is 38.0 Å². The predicted octanol–water partition coefficient (Wildman–Crippen LogP) is 0.691. The first-order valence-electron chi connectivity index (χ1n) is 7.53. The van der Waals surface area contributed by atoms with E-state index in [0.29, 0.717) is 19.5 Å². The molecule has 0 aliphatic heterocycles. The normalized spacial score (nSPS) is 26.9. The quantitative estimate of drug-likeness (QED) is 0.685. The van der Waals surface area contributed by atoms with Gasteiger partial charge in [-0.2, -0.15) is 0 Å². The number of nitrogens with one attached hydrogen (secondary N) is 1. The van der Waals surface area contributed by atoms with Crippen LogP contribution < -0.4 is 5.32 Å². The van der Waals surface area contributed by atoms with Crippen molar-refractivity contribution in [3.8, 4) is 0 Å². The molecule has 3 N–H and O–H groups in total. The second-order valence-corrected chi connectivity index (χ2v) is 6.02. The van der Waals surface area contributed by atoms with E-state index >= 15 is 0 Å². The first-order chi connectivity index (χ1) is 9.67. The molecule has 0 saturated heterocycles. The topological polar surface area (TPSA) is 83.2 Å². The molecule has 114 valence electrons. The van der Waals surface area contributed by atoms with Crippen molar-refractivity contribution in [1.29, 1.82) is 0 Å². The van der Waals surface area contributed by atoms with Crippen LogP contribution in [0.5, 0.6) is 0 Å². The fraction of sp³-hybridized carbons (Fsp3) is 0.857. The minimum Gasteiger partial charge on any atom is -0.396 e. The van der Waals surface area contributed by atoms with Gasteiger partial charge >= 0.3 is 0 Å². The number of aromatic nitrogens is 3. The second-order valence-electron chi connectivity index (χ2n) is 6.02. The number of aliphatic hydroxyl groups excluding tert-OH is 2. The van der Waals surface area contributed by atoms with Crippen LogP contribution in [0, 0.1) is 5.92 Å². The number of hydrogen-bond acceptors (Lipinski definition) is 5. The Balaban J connectivity index is 1.85. The number of hydrogen-bond donors (Lipinski definition) is 3. The maximum atomic E-state index is 9.70. The number of nitrogens with zero attached hydrogens (tertiary/aromatic N) is 3. The van der Waals surface area contributed by atoms with Gasteiger partial charge in [0, 0.05) is 31.4 Å². The standard InChI is InChI=1S/C14H26N4O2/c1-12-3-5-14(11-20,6-4-12)15-9-13-10-18(17-16-13)7-2-8-19/h10,12,15,19-20H,2-9,11H2,1H3. The van der Waals surface area contributed by atoms with Crippen LogP contribution in [0.25, 0.3) is 0 Å². The van der Waals surface area contributed by atoms with E-state index in [9.17, 15) is 5.11 Å². The van der Waals surface area contributed by atoms with Crippen molar-refractivity contribution in [3.63, 3.8) is 0 Å². The van der Waals surface area contributed by atoms with Crippen molar-refractivity contribution in [2.75, 3.05) is 13.2 Å². The Hall–Kier alpha value is -0.980. The molecular formula is C14H26N4O2. The molecule has 1 saturated carbocycles. The average molecular weight is 282 g/mol. The highest BCUT2D eigenvalue weighted by Crippen LogP contribution is 2.31. The maximum Gasteiger partial charge on any atom is 0.0965 e. The van der Waals surface area contributed by atoms with Gasteiger partial charge in [-0.3, -0.25) is 4.68 Å². The lowest BCUT2D eigenvalue weighted by Crippen LogP contribution is -2.50. The van der Waals surface area contributed by atoms with Crippen molar-refractivity contribution in [2.24, 2.45) is 5.92 Å². The van der Waals surface area contributed by atoms with Crippen LogP contribution in [-0.2, 0) is 13.1 Å². The molecule has 6 heteroatoms. The lowest BCUT2D eigenvalue weighted by Gasteiger charge is -2.38. The second kappa shape index (κ2) is 7.15. The summed E-state index contributed by atoms with van der Waals surface area (Å²) in [5.41, 5.74) is 0.732. The van der Waals surface area contributed by atoms with Gasteiger partial charge in [0.1, 0.15) is 0 Å². The zero-order chi connectivity index (χ0) is 14.4. The fourth-order valence-electron chi connectivity index (χ4n) is 2.75. The smallest absolute Gasteiger partial charge is 0.0965 e. The Morgan fingerprint density at radius 2 is 2.15 bits per heavy atom. The van der Waals surface area contributed by atoms with E-state index in [1.54, 1.807) is 4.68 Å². The Morgan fingerprint density at radius 3 is 2.80 bits per heavy atom. The van der Waals surface area contributed by atoms with Gasteiger partial charge < -0.3 is 15.5 Å². The van der Waals surface area contributed by atoms with Crippen LogP contribution >= 0.6 is 0 Å². The zero-order valence-electron chi connectivity index (χ0n) is 12.3. The van der Waals surface area contributed by atoms with E-state index in [1.807, 2.05) is 6.20 Å². The van der Waals surface area contributed by atoms with Crippen LogP contribution in [0.4, 0.5) is 0 Å². The maximum absolute atomic E-state index is 9.70. The molecule has 20 heavy (non-hydrogen) atoms. The van der Waals surface area contributed by atoms with Crippen LogP contribution in [0.1, 0.15) is 44.7 Å². The van der Waals surface area contributed by atoms with Crippen LogP contribution in [-0.4, -0.2) is 44.0 Å². The Labute approximate surface area is 120 Å². The Morgan fingerprint density at radius 1 is 1.40 bits per heavy atom. The van der Waals surface area contributed by atoms with Crippen molar-refractivity contribution >= 4 is 0 Å². The van der Waals surface area contributed by atoms with Gasteiger partial charge in [0.25, 0.3) is 0 Å².